The Balaban J connectivity index is 1.77. The summed E-state index contributed by atoms with van der Waals surface area (Å²) in [6, 6.07) is 9.22. The zero-order valence-electron chi connectivity index (χ0n) is 18.6. The van der Waals surface area contributed by atoms with Gasteiger partial charge in [-0.3, -0.25) is 9.59 Å². The molecule has 0 aliphatic rings. The average Bonchev–Trinajstić information content (AvgIpc) is 2.74. The number of quaternary nitrogens is 1. The van der Waals surface area contributed by atoms with Crippen LogP contribution in [0.25, 0.3) is 10.9 Å². The first-order valence-corrected chi connectivity index (χ1v) is 10.2. The van der Waals surface area contributed by atoms with Crippen molar-refractivity contribution in [2.24, 2.45) is 0 Å². The molecule has 1 atom stereocenters. The molecule has 0 spiro atoms. The summed E-state index contributed by atoms with van der Waals surface area (Å²) >= 11 is 0. The van der Waals surface area contributed by atoms with Crippen LogP contribution in [0.15, 0.2) is 35.1 Å². The van der Waals surface area contributed by atoms with Gasteiger partial charge < -0.3 is 24.7 Å². The summed E-state index contributed by atoms with van der Waals surface area (Å²) < 4.78 is 10.6. The van der Waals surface area contributed by atoms with Crippen LogP contribution in [0, 0.1) is 13.8 Å². The van der Waals surface area contributed by atoms with E-state index in [9.17, 15) is 9.59 Å². The van der Waals surface area contributed by atoms with Gasteiger partial charge in [0.2, 0.25) is 0 Å². The largest absolute Gasteiger partial charge is 0.493 e. The van der Waals surface area contributed by atoms with Crippen molar-refractivity contribution < 1.29 is 19.2 Å². The summed E-state index contributed by atoms with van der Waals surface area (Å²) in [7, 11) is 3.06. The molecule has 1 amide bonds. The van der Waals surface area contributed by atoms with Crippen LogP contribution >= 0.6 is 0 Å². The van der Waals surface area contributed by atoms with E-state index in [4.69, 9.17) is 9.47 Å². The van der Waals surface area contributed by atoms with Gasteiger partial charge in [-0.1, -0.05) is 17.7 Å². The molecule has 0 radical (unpaired) electrons. The number of aromatic amines is 1. The summed E-state index contributed by atoms with van der Waals surface area (Å²) in [6.45, 7) is 7.36. The molecule has 0 fully saturated rings. The molecule has 8 nitrogen and oxygen atoms in total. The van der Waals surface area contributed by atoms with E-state index in [-0.39, 0.29) is 18.0 Å². The van der Waals surface area contributed by atoms with Crippen LogP contribution in [-0.2, 0) is 11.3 Å². The van der Waals surface area contributed by atoms with Crippen LogP contribution in [-0.4, -0.2) is 43.2 Å². The van der Waals surface area contributed by atoms with Gasteiger partial charge >= 0.3 is 0 Å². The smallest absolute Gasteiger partial charge is 0.279 e. The highest BCUT2D eigenvalue weighted by atomic mass is 16.5. The van der Waals surface area contributed by atoms with E-state index in [1.54, 1.807) is 12.1 Å². The number of carbonyl (C=O) groups is 1. The lowest BCUT2D eigenvalue weighted by Gasteiger charge is -2.17. The number of likely N-dealkylation sites (N-methyl/N-ethyl adjacent to an activating group) is 1. The molecule has 0 saturated carbocycles. The van der Waals surface area contributed by atoms with Gasteiger partial charge in [0, 0.05) is 11.8 Å². The van der Waals surface area contributed by atoms with Gasteiger partial charge in [0.1, 0.15) is 6.54 Å². The number of ether oxygens (including phenoxy) is 2. The van der Waals surface area contributed by atoms with Crippen LogP contribution in [0.5, 0.6) is 11.5 Å². The summed E-state index contributed by atoms with van der Waals surface area (Å²) in [6.07, 6.45) is 0. The monoisotopic (exact) mass is 425 g/mol. The van der Waals surface area contributed by atoms with Crippen molar-refractivity contribution in [1.82, 2.24) is 9.97 Å². The number of nitrogens with zero attached hydrogens (tertiary/aromatic N) is 1. The second-order valence-corrected chi connectivity index (χ2v) is 7.56. The fraction of sp³-hybridized carbons (Fsp3) is 0.348. The maximum atomic E-state index is 12.6. The highest BCUT2D eigenvalue weighted by molar-refractivity contribution is 5.92. The van der Waals surface area contributed by atoms with Crippen molar-refractivity contribution in [2.45, 2.75) is 27.3 Å². The lowest BCUT2D eigenvalue weighted by Crippen LogP contribution is -3.11. The fourth-order valence-electron chi connectivity index (χ4n) is 3.52. The number of rotatable bonds is 8. The first kappa shape index (κ1) is 22.3. The number of carbonyl (C=O) groups excluding carboxylic acids is 1. The third kappa shape index (κ3) is 5.21. The van der Waals surface area contributed by atoms with E-state index in [1.807, 2.05) is 39.0 Å². The summed E-state index contributed by atoms with van der Waals surface area (Å²) in [4.78, 5) is 33.6. The van der Waals surface area contributed by atoms with Gasteiger partial charge in [-0.25, -0.2) is 4.98 Å². The number of amides is 1. The molecular weight excluding hydrogens is 396 g/mol. The number of fused-ring (bicyclic) bond motifs is 1. The van der Waals surface area contributed by atoms with E-state index < -0.39 is 0 Å². The maximum absolute atomic E-state index is 12.6. The van der Waals surface area contributed by atoms with Crippen LogP contribution < -0.4 is 25.2 Å². The predicted octanol–water partition coefficient (Wildman–Crippen LogP) is 1.60. The fourth-order valence-corrected chi connectivity index (χ4v) is 3.52. The molecule has 1 unspecified atom stereocenters. The topological polar surface area (TPSA) is 97.8 Å². The molecule has 0 bridgehead atoms. The molecule has 1 heterocycles. The van der Waals surface area contributed by atoms with Gasteiger partial charge in [-0.05, 0) is 38.5 Å². The second kappa shape index (κ2) is 9.61. The van der Waals surface area contributed by atoms with E-state index in [0.717, 1.165) is 21.7 Å². The maximum Gasteiger partial charge on any atom is 0.279 e. The van der Waals surface area contributed by atoms with Crippen molar-refractivity contribution >= 4 is 22.5 Å². The van der Waals surface area contributed by atoms with E-state index in [0.29, 0.717) is 41.3 Å². The second-order valence-electron chi connectivity index (χ2n) is 7.56. The van der Waals surface area contributed by atoms with Crippen molar-refractivity contribution in [3.63, 3.8) is 0 Å². The molecule has 3 aromatic rings. The lowest BCUT2D eigenvalue weighted by atomic mass is 10.1. The highest BCUT2D eigenvalue weighted by Crippen LogP contribution is 2.29. The molecular formula is C23H29N4O4+. The Labute approximate surface area is 181 Å². The number of aryl methyl sites for hydroxylation is 2. The van der Waals surface area contributed by atoms with E-state index in [1.165, 1.54) is 14.2 Å². The van der Waals surface area contributed by atoms with Crippen LogP contribution in [0.2, 0.25) is 0 Å². The highest BCUT2D eigenvalue weighted by Gasteiger charge is 2.17. The number of hydrogen-bond donors (Lipinski definition) is 3. The summed E-state index contributed by atoms with van der Waals surface area (Å²) in [5, 5.41) is 3.40. The Morgan fingerprint density at radius 1 is 1.13 bits per heavy atom. The first-order chi connectivity index (χ1) is 14.8. The van der Waals surface area contributed by atoms with Crippen LogP contribution in [0.1, 0.15) is 23.9 Å². The molecule has 0 aliphatic heterocycles. The Morgan fingerprint density at radius 3 is 2.48 bits per heavy atom. The molecule has 1 aromatic heterocycles. The normalized spacial score (nSPS) is 11.9. The molecule has 3 rings (SSSR count). The minimum absolute atomic E-state index is 0.0849. The molecule has 31 heavy (non-hydrogen) atoms. The molecule has 0 aliphatic carbocycles. The van der Waals surface area contributed by atoms with Crippen molar-refractivity contribution in [3.05, 3.63) is 57.6 Å². The van der Waals surface area contributed by atoms with Gasteiger partial charge in [-0.15, -0.1) is 0 Å². The lowest BCUT2D eigenvalue weighted by molar-refractivity contribution is -0.904. The van der Waals surface area contributed by atoms with Crippen molar-refractivity contribution in [2.75, 3.05) is 32.6 Å². The number of anilines is 1. The summed E-state index contributed by atoms with van der Waals surface area (Å²) in [5.74, 6) is 1.41. The third-order valence-electron chi connectivity index (χ3n) is 5.24. The Kier molecular flexibility index (Phi) is 6.91. The Hall–Kier alpha value is -3.39. The zero-order chi connectivity index (χ0) is 22.5. The molecule has 3 N–H and O–H groups in total. The number of nitrogens with one attached hydrogen (secondary N) is 3. The first-order valence-electron chi connectivity index (χ1n) is 10.2. The average molecular weight is 426 g/mol. The number of hydrogen-bond acceptors (Lipinski definition) is 5. The van der Waals surface area contributed by atoms with Crippen LogP contribution in [0.3, 0.4) is 0 Å². The standard InChI is InChI=1S/C23H28N4O4/c1-6-27(13-22(28)25-17-8-7-14(2)9-15(17)3)12-21-24-18-11-20(31-5)19(30-4)10-16(18)23(29)26-21/h7-11H,6,12-13H2,1-5H3,(H,25,28)(H,24,26,29)/p+1. The van der Waals surface area contributed by atoms with Gasteiger partial charge in [0.15, 0.2) is 23.9 Å². The SMILES string of the molecule is CC[NH+](CC(=O)Nc1ccc(C)cc1C)Cc1nc2cc(OC)c(OC)cc2c(=O)[nH]1. The minimum atomic E-state index is -0.254. The zero-order valence-corrected chi connectivity index (χ0v) is 18.6. The third-order valence-corrected chi connectivity index (χ3v) is 5.24. The van der Waals surface area contributed by atoms with Gasteiger partial charge in [0.05, 0.1) is 31.7 Å². The van der Waals surface area contributed by atoms with Gasteiger partial charge in [-0.2, -0.15) is 0 Å². The number of benzene rings is 2. The quantitative estimate of drug-likeness (QED) is 0.509. The van der Waals surface area contributed by atoms with Crippen molar-refractivity contribution in [1.29, 1.82) is 0 Å². The molecule has 8 heteroatoms. The number of methoxy groups -OCH3 is 2. The Bertz CT molecular complexity index is 1160. The molecule has 0 saturated heterocycles. The summed E-state index contributed by atoms with van der Waals surface area (Å²) in [5.41, 5.74) is 3.25. The minimum Gasteiger partial charge on any atom is -0.493 e. The van der Waals surface area contributed by atoms with Gasteiger partial charge in [0.25, 0.3) is 11.5 Å². The van der Waals surface area contributed by atoms with Crippen LogP contribution in [0.4, 0.5) is 5.69 Å². The number of aromatic nitrogens is 2. The molecule has 164 valence electrons. The Morgan fingerprint density at radius 2 is 1.84 bits per heavy atom. The van der Waals surface area contributed by atoms with E-state index in [2.05, 4.69) is 15.3 Å². The molecule has 2 aromatic carbocycles. The predicted molar refractivity (Wildman–Crippen MR) is 120 cm³/mol. The van der Waals surface area contributed by atoms with Crippen molar-refractivity contribution in [3.8, 4) is 11.5 Å². The number of H-pyrrole nitrogens is 1. The van der Waals surface area contributed by atoms with E-state index >= 15 is 0 Å².